The van der Waals surface area contributed by atoms with E-state index >= 15 is 0 Å². The molecule has 0 radical (unpaired) electrons. The predicted octanol–water partition coefficient (Wildman–Crippen LogP) is 2.51. The van der Waals surface area contributed by atoms with Crippen LogP contribution in [0.1, 0.15) is 22.2 Å². The lowest BCUT2D eigenvalue weighted by Gasteiger charge is -2.11. The molecular weight excluding hydrogens is 314 g/mol. The quantitative estimate of drug-likeness (QED) is 0.587. The second-order valence-electron chi connectivity index (χ2n) is 5.65. The van der Waals surface area contributed by atoms with Crippen LogP contribution in [0.5, 0.6) is 0 Å². The minimum absolute atomic E-state index is 0.109. The molecule has 2 aromatic heterocycles. The molecule has 3 aromatic rings. The number of hydrogen-bond acceptors (Lipinski definition) is 5. The summed E-state index contributed by atoms with van der Waals surface area (Å²) in [4.78, 5) is 26.2. The van der Waals surface area contributed by atoms with Crippen molar-refractivity contribution in [2.45, 2.75) is 19.9 Å². The standard InChI is InChI=1S/C16H17N3O3S/c1-7-5-10-9(3-4-11(20)19-10)12-13(18-6-8(2)17)15(16(21)22)23-14(7)12/h3-5,8,18H,6,17H2,1-2H3,(H,19,20)(H,21,22)/t8-/m0/s1. The Hall–Kier alpha value is -2.38. The Kier molecular flexibility index (Phi) is 3.83. The topological polar surface area (TPSA) is 108 Å². The van der Waals surface area contributed by atoms with Gasteiger partial charge in [-0.15, -0.1) is 11.3 Å². The van der Waals surface area contributed by atoms with Crippen molar-refractivity contribution < 1.29 is 9.90 Å². The maximum Gasteiger partial charge on any atom is 0.348 e. The van der Waals surface area contributed by atoms with Crippen molar-refractivity contribution in [2.24, 2.45) is 5.73 Å². The number of aromatic amines is 1. The number of nitrogens with one attached hydrogen (secondary N) is 2. The molecule has 5 N–H and O–H groups in total. The summed E-state index contributed by atoms with van der Waals surface area (Å²) in [6, 6.07) is 4.94. The van der Waals surface area contributed by atoms with Gasteiger partial charge in [-0.25, -0.2) is 4.79 Å². The summed E-state index contributed by atoms with van der Waals surface area (Å²) < 4.78 is 0.897. The second kappa shape index (κ2) is 5.68. The highest BCUT2D eigenvalue weighted by molar-refractivity contribution is 7.22. The van der Waals surface area contributed by atoms with Crippen molar-refractivity contribution in [3.05, 3.63) is 39.0 Å². The fourth-order valence-electron chi connectivity index (χ4n) is 2.65. The summed E-state index contributed by atoms with van der Waals surface area (Å²) >= 11 is 1.23. The zero-order valence-electron chi connectivity index (χ0n) is 12.8. The SMILES string of the molecule is Cc1cc2[nH]c(=O)ccc2c2c(NC[C@H](C)N)c(C(=O)O)sc12. The Morgan fingerprint density at radius 2 is 2.22 bits per heavy atom. The molecule has 7 heteroatoms. The van der Waals surface area contributed by atoms with Gasteiger partial charge in [0.05, 0.1) is 5.69 Å². The Bertz CT molecular complexity index is 972. The number of fused-ring (bicyclic) bond motifs is 3. The van der Waals surface area contributed by atoms with Gasteiger partial charge in [0, 0.05) is 39.6 Å². The van der Waals surface area contributed by atoms with Gasteiger partial charge in [0.25, 0.3) is 0 Å². The van der Waals surface area contributed by atoms with Crippen LogP contribution in [0.2, 0.25) is 0 Å². The molecule has 23 heavy (non-hydrogen) atoms. The third-order valence-electron chi connectivity index (χ3n) is 3.64. The van der Waals surface area contributed by atoms with E-state index in [1.807, 2.05) is 19.9 Å². The van der Waals surface area contributed by atoms with Crippen molar-refractivity contribution in [1.29, 1.82) is 0 Å². The van der Waals surface area contributed by atoms with Crippen molar-refractivity contribution >= 4 is 44.0 Å². The first-order valence-electron chi connectivity index (χ1n) is 7.20. The van der Waals surface area contributed by atoms with Crippen LogP contribution in [-0.2, 0) is 0 Å². The molecule has 0 aliphatic rings. The average Bonchev–Trinajstić information content (AvgIpc) is 2.85. The number of carboxylic acid groups (broad SMARTS) is 1. The molecule has 6 nitrogen and oxygen atoms in total. The molecule has 2 heterocycles. The van der Waals surface area contributed by atoms with Gasteiger partial charge in [-0.3, -0.25) is 4.79 Å². The van der Waals surface area contributed by atoms with Gasteiger partial charge in [0.1, 0.15) is 4.88 Å². The zero-order chi connectivity index (χ0) is 16.7. The van der Waals surface area contributed by atoms with E-state index < -0.39 is 5.97 Å². The Labute approximate surface area is 135 Å². The Balaban J connectivity index is 2.40. The van der Waals surface area contributed by atoms with Crippen molar-refractivity contribution in [3.8, 4) is 0 Å². The molecule has 1 atom stereocenters. The van der Waals surface area contributed by atoms with Crippen LogP contribution >= 0.6 is 11.3 Å². The molecule has 0 unspecified atom stereocenters. The molecule has 0 aliphatic carbocycles. The number of aryl methyl sites for hydroxylation is 1. The lowest BCUT2D eigenvalue weighted by molar-refractivity contribution is 0.0703. The van der Waals surface area contributed by atoms with E-state index in [2.05, 4.69) is 10.3 Å². The lowest BCUT2D eigenvalue weighted by Crippen LogP contribution is -2.25. The van der Waals surface area contributed by atoms with Crippen LogP contribution in [0.3, 0.4) is 0 Å². The molecule has 0 bridgehead atoms. The normalized spacial score (nSPS) is 12.7. The summed E-state index contributed by atoms with van der Waals surface area (Å²) in [5.41, 5.74) is 7.79. The van der Waals surface area contributed by atoms with Crippen LogP contribution in [0.15, 0.2) is 23.0 Å². The van der Waals surface area contributed by atoms with E-state index in [0.29, 0.717) is 17.7 Å². The maximum atomic E-state index is 11.6. The highest BCUT2D eigenvalue weighted by Gasteiger charge is 2.21. The van der Waals surface area contributed by atoms with Crippen molar-refractivity contribution in [2.75, 3.05) is 11.9 Å². The molecular formula is C16H17N3O3S. The van der Waals surface area contributed by atoms with Crippen LogP contribution in [0.4, 0.5) is 5.69 Å². The highest BCUT2D eigenvalue weighted by atomic mass is 32.1. The fraction of sp³-hybridized carbons (Fsp3) is 0.250. The molecule has 0 spiro atoms. The fourth-order valence-corrected chi connectivity index (χ4v) is 3.75. The summed E-state index contributed by atoms with van der Waals surface area (Å²) in [5.74, 6) is -0.977. The van der Waals surface area contributed by atoms with E-state index in [-0.39, 0.29) is 16.5 Å². The molecule has 1 aromatic carbocycles. The van der Waals surface area contributed by atoms with Gasteiger partial charge in [0.15, 0.2) is 0 Å². The number of anilines is 1. The van der Waals surface area contributed by atoms with Gasteiger partial charge >= 0.3 is 5.97 Å². The van der Waals surface area contributed by atoms with Crippen LogP contribution in [-0.4, -0.2) is 28.6 Å². The van der Waals surface area contributed by atoms with E-state index in [1.165, 1.54) is 17.4 Å². The minimum atomic E-state index is -0.977. The van der Waals surface area contributed by atoms with E-state index in [4.69, 9.17) is 5.73 Å². The van der Waals surface area contributed by atoms with E-state index in [9.17, 15) is 14.7 Å². The second-order valence-corrected chi connectivity index (χ2v) is 6.67. The summed E-state index contributed by atoms with van der Waals surface area (Å²) in [6.07, 6.45) is 0. The van der Waals surface area contributed by atoms with Gasteiger partial charge < -0.3 is 21.1 Å². The summed E-state index contributed by atoms with van der Waals surface area (Å²) in [5, 5.41) is 14.3. The smallest absolute Gasteiger partial charge is 0.348 e. The number of aromatic nitrogens is 1. The number of aromatic carboxylic acids is 1. The molecule has 120 valence electrons. The van der Waals surface area contributed by atoms with Gasteiger partial charge in [-0.05, 0) is 31.5 Å². The molecule has 0 saturated heterocycles. The number of carbonyl (C=O) groups is 1. The Morgan fingerprint density at radius 1 is 1.48 bits per heavy atom. The molecule has 0 aliphatic heterocycles. The van der Waals surface area contributed by atoms with Crippen molar-refractivity contribution in [3.63, 3.8) is 0 Å². The number of hydrogen-bond donors (Lipinski definition) is 4. The average molecular weight is 331 g/mol. The first kappa shape index (κ1) is 15.5. The number of benzene rings is 1. The third kappa shape index (κ3) is 2.69. The summed E-state index contributed by atoms with van der Waals surface area (Å²) in [7, 11) is 0. The first-order chi connectivity index (χ1) is 10.9. The minimum Gasteiger partial charge on any atom is -0.477 e. The number of pyridine rings is 1. The Morgan fingerprint density at radius 3 is 2.87 bits per heavy atom. The van der Waals surface area contributed by atoms with E-state index in [1.54, 1.807) is 6.07 Å². The highest BCUT2D eigenvalue weighted by Crippen LogP contribution is 2.41. The van der Waals surface area contributed by atoms with Crippen LogP contribution in [0.25, 0.3) is 21.0 Å². The molecule has 0 saturated carbocycles. The maximum absolute atomic E-state index is 11.6. The molecule has 0 amide bonds. The van der Waals surface area contributed by atoms with Gasteiger partial charge in [-0.2, -0.15) is 0 Å². The van der Waals surface area contributed by atoms with Gasteiger partial charge in [-0.1, -0.05) is 0 Å². The van der Waals surface area contributed by atoms with E-state index in [0.717, 1.165) is 21.0 Å². The number of H-pyrrole nitrogens is 1. The number of thiophene rings is 1. The first-order valence-corrected chi connectivity index (χ1v) is 8.02. The van der Waals surface area contributed by atoms with Crippen molar-refractivity contribution in [1.82, 2.24) is 4.98 Å². The monoisotopic (exact) mass is 331 g/mol. The zero-order valence-corrected chi connectivity index (χ0v) is 13.6. The molecule has 3 rings (SSSR count). The molecule has 0 fully saturated rings. The van der Waals surface area contributed by atoms with Crippen LogP contribution in [0, 0.1) is 6.92 Å². The third-order valence-corrected chi connectivity index (χ3v) is 4.95. The number of nitrogens with two attached hydrogens (primary N) is 1. The largest absolute Gasteiger partial charge is 0.477 e. The van der Waals surface area contributed by atoms with Crippen LogP contribution < -0.4 is 16.6 Å². The predicted molar refractivity (Wildman–Crippen MR) is 93.8 cm³/mol. The lowest BCUT2D eigenvalue weighted by atomic mass is 10.1. The number of rotatable bonds is 4. The van der Waals surface area contributed by atoms with Gasteiger partial charge in [0.2, 0.25) is 5.56 Å². The summed E-state index contributed by atoms with van der Waals surface area (Å²) in [6.45, 7) is 4.22. The number of carboxylic acids is 1.